The second kappa shape index (κ2) is 9.56. The minimum Gasteiger partial charge on any atom is -0.405 e. The van der Waals surface area contributed by atoms with E-state index >= 15 is 0 Å². The zero-order chi connectivity index (χ0) is 21.5. The second-order valence-corrected chi connectivity index (χ2v) is 6.88. The Morgan fingerprint density at radius 3 is 2.50 bits per heavy atom. The molecule has 150 valence electrons. The van der Waals surface area contributed by atoms with Gasteiger partial charge in [-0.15, -0.1) is 0 Å². The van der Waals surface area contributed by atoms with Crippen LogP contribution in [0.25, 0.3) is 11.1 Å². The van der Waals surface area contributed by atoms with Crippen molar-refractivity contribution < 1.29 is 14.4 Å². The van der Waals surface area contributed by atoms with Gasteiger partial charge in [0.25, 0.3) is 0 Å². The van der Waals surface area contributed by atoms with Gasteiger partial charge in [0.15, 0.2) is 0 Å². The number of nitrogens with one attached hydrogen (secondary N) is 1. The molecule has 0 spiro atoms. The van der Waals surface area contributed by atoms with Gasteiger partial charge < -0.3 is 14.8 Å². The third kappa shape index (κ3) is 4.41. The Bertz CT molecular complexity index is 1150. The Kier molecular flexibility index (Phi) is 6.65. The van der Waals surface area contributed by atoms with E-state index in [1.165, 1.54) is 12.1 Å². The summed E-state index contributed by atoms with van der Waals surface area (Å²) in [5.74, 6) is 0.439. The second-order valence-electron chi connectivity index (χ2n) is 5.92. The van der Waals surface area contributed by atoms with Crippen LogP contribution in [0.3, 0.4) is 0 Å². The third-order valence-corrected chi connectivity index (χ3v) is 5.03. The number of benzene rings is 1. The van der Waals surface area contributed by atoms with Gasteiger partial charge in [0, 0.05) is 12.1 Å². The van der Waals surface area contributed by atoms with Crippen molar-refractivity contribution in [3.63, 3.8) is 0 Å². The fourth-order valence-corrected chi connectivity index (χ4v) is 3.64. The van der Waals surface area contributed by atoms with E-state index in [0.717, 1.165) is 11.8 Å². The number of anilines is 1. The molecule has 0 aliphatic heterocycles. The number of pyridine rings is 1. The molecule has 0 unspecified atom stereocenters. The van der Waals surface area contributed by atoms with E-state index in [2.05, 4.69) is 22.4 Å². The number of rotatable bonds is 8. The van der Waals surface area contributed by atoms with Gasteiger partial charge in [-0.2, -0.15) is 10.5 Å². The fourth-order valence-electron chi connectivity index (χ4n) is 2.76. The Morgan fingerprint density at radius 1 is 1.17 bits per heavy atom. The molecule has 30 heavy (non-hydrogen) atoms. The van der Waals surface area contributed by atoms with Crippen LogP contribution in [0.15, 0.2) is 51.9 Å². The maximum absolute atomic E-state index is 10.8. The maximum Gasteiger partial charge on any atom is 0.433 e. The molecule has 10 heteroatoms. The predicted octanol–water partition coefficient (Wildman–Crippen LogP) is 3.69. The summed E-state index contributed by atoms with van der Waals surface area (Å²) in [4.78, 5) is 14.6. The van der Waals surface area contributed by atoms with E-state index in [1.54, 1.807) is 24.3 Å². The van der Waals surface area contributed by atoms with Crippen LogP contribution in [0.1, 0.15) is 16.9 Å². The van der Waals surface area contributed by atoms with E-state index in [4.69, 9.17) is 9.52 Å². The summed E-state index contributed by atoms with van der Waals surface area (Å²) < 4.78 is 5.16. The van der Waals surface area contributed by atoms with Crippen LogP contribution in [0.2, 0.25) is 0 Å². The lowest BCUT2D eigenvalue weighted by Crippen LogP contribution is -2.11. The summed E-state index contributed by atoms with van der Waals surface area (Å²) in [5, 5.41) is 42.8. The molecule has 0 atom stereocenters. The van der Waals surface area contributed by atoms with Crippen LogP contribution in [-0.4, -0.2) is 28.2 Å². The number of hydrogen-bond acceptors (Lipinski definition) is 9. The molecule has 1 aromatic carbocycles. The van der Waals surface area contributed by atoms with Crippen molar-refractivity contribution >= 4 is 23.5 Å². The summed E-state index contributed by atoms with van der Waals surface area (Å²) in [6.45, 7) is 0.0159. The molecule has 0 saturated heterocycles. The van der Waals surface area contributed by atoms with Crippen LogP contribution in [-0.2, 0) is 5.75 Å². The molecular weight excluding hydrogens is 406 g/mol. The van der Waals surface area contributed by atoms with Crippen molar-refractivity contribution in [2.45, 2.75) is 10.8 Å². The summed E-state index contributed by atoms with van der Waals surface area (Å²) in [5.41, 5.74) is 1.53. The maximum atomic E-state index is 10.8. The lowest BCUT2D eigenvalue weighted by Gasteiger charge is -2.15. The number of thioether (sulfide) groups is 1. The molecular formula is C20H15N5O4S. The Labute approximate surface area is 175 Å². The highest BCUT2D eigenvalue weighted by atomic mass is 32.2. The largest absolute Gasteiger partial charge is 0.433 e. The summed E-state index contributed by atoms with van der Waals surface area (Å²) in [6.07, 6.45) is 0. The number of aliphatic hydroxyl groups excluding tert-OH is 1. The number of hydrogen-bond donors (Lipinski definition) is 2. The molecule has 2 N–H and O–H groups in total. The molecule has 0 fully saturated rings. The predicted molar refractivity (Wildman–Crippen MR) is 110 cm³/mol. The van der Waals surface area contributed by atoms with Crippen LogP contribution in [0, 0.1) is 32.8 Å². The number of nitrogens with zero attached hydrogens (tertiary/aromatic N) is 4. The molecule has 9 nitrogen and oxygen atoms in total. The van der Waals surface area contributed by atoms with Gasteiger partial charge in [0.05, 0.1) is 24.0 Å². The molecule has 0 aliphatic carbocycles. The molecule has 0 amide bonds. The first-order valence-electron chi connectivity index (χ1n) is 8.73. The quantitative estimate of drug-likeness (QED) is 0.315. The van der Waals surface area contributed by atoms with E-state index in [9.17, 15) is 20.6 Å². The normalized spacial score (nSPS) is 10.2. The minimum absolute atomic E-state index is 0.161. The smallest absolute Gasteiger partial charge is 0.405 e. The zero-order valence-corrected chi connectivity index (χ0v) is 16.3. The van der Waals surface area contributed by atoms with Gasteiger partial charge in [0.1, 0.15) is 39.2 Å². The summed E-state index contributed by atoms with van der Waals surface area (Å²) >= 11 is 1.16. The average molecular weight is 421 g/mol. The number of aromatic nitrogens is 1. The number of furan rings is 1. The number of nitro groups is 1. The van der Waals surface area contributed by atoms with Crippen LogP contribution in [0.5, 0.6) is 0 Å². The zero-order valence-electron chi connectivity index (χ0n) is 15.5. The molecule has 0 bridgehead atoms. The highest BCUT2D eigenvalue weighted by molar-refractivity contribution is 7.98. The van der Waals surface area contributed by atoms with Crippen LogP contribution < -0.4 is 5.32 Å². The van der Waals surface area contributed by atoms with E-state index in [0.29, 0.717) is 21.9 Å². The van der Waals surface area contributed by atoms with Crippen molar-refractivity contribution in [1.82, 2.24) is 4.98 Å². The minimum atomic E-state index is -0.626. The Morgan fingerprint density at radius 2 is 1.90 bits per heavy atom. The standard InChI is InChI=1S/C20H15N5O4S/c21-10-15-18(13-4-2-1-3-5-13)16(11-22)20(24-19(15)23-8-9-26)30-12-14-6-7-17(29-14)25(27)28/h1-7,26H,8-9,12H2,(H,23,24). The van der Waals surface area contributed by atoms with Crippen molar-refractivity contribution in [2.24, 2.45) is 0 Å². The molecule has 3 rings (SSSR count). The monoisotopic (exact) mass is 421 g/mol. The average Bonchev–Trinajstić information content (AvgIpc) is 3.25. The highest BCUT2D eigenvalue weighted by Gasteiger charge is 2.22. The van der Waals surface area contributed by atoms with E-state index in [1.807, 2.05) is 6.07 Å². The van der Waals surface area contributed by atoms with Crippen molar-refractivity contribution in [1.29, 1.82) is 10.5 Å². The summed E-state index contributed by atoms with van der Waals surface area (Å²) in [7, 11) is 0. The van der Waals surface area contributed by atoms with E-state index < -0.39 is 4.92 Å². The number of nitriles is 2. The number of aliphatic hydroxyl groups is 1. The molecule has 2 heterocycles. The fraction of sp³-hybridized carbons (Fsp3) is 0.150. The van der Waals surface area contributed by atoms with Crippen molar-refractivity contribution in [2.75, 3.05) is 18.5 Å². The van der Waals surface area contributed by atoms with Gasteiger partial charge in [-0.05, 0) is 11.6 Å². The third-order valence-electron chi connectivity index (χ3n) is 4.03. The molecule has 3 aromatic rings. The first-order valence-corrected chi connectivity index (χ1v) is 9.71. The summed E-state index contributed by atoms with van der Waals surface area (Å²) in [6, 6.07) is 16.0. The van der Waals surface area contributed by atoms with Crippen molar-refractivity contribution in [3.8, 4) is 23.3 Å². The van der Waals surface area contributed by atoms with Crippen LogP contribution >= 0.6 is 11.8 Å². The Hall–Kier alpha value is -3.86. The van der Waals surface area contributed by atoms with Crippen LogP contribution in [0.4, 0.5) is 11.7 Å². The molecule has 0 radical (unpaired) electrons. The van der Waals surface area contributed by atoms with Gasteiger partial charge >= 0.3 is 5.88 Å². The van der Waals surface area contributed by atoms with Gasteiger partial charge in [0.2, 0.25) is 0 Å². The van der Waals surface area contributed by atoms with E-state index in [-0.39, 0.29) is 41.7 Å². The SMILES string of the molecule is N#Cc1c(NCCO)nc(SCc2ccc([N+](=O)[O-])o2)c(C#N)c1-c1ccccc1. The van der Waals surface area contributed by atoms with Crippen molar-refractivity contribution in [3.05, 3.63) is 69.5 Å². The van der Waals surface area contributed by atoms with Gasteiger partial charge in [-0.25, -0.2) is 4.98 Å². The topological polar surface area (TPSA) is 149 Å². The first-order chi connectivity index (χ1) is 14.6. The molecule has 0 aliphatic rings. The molecule has 2 aromatic heterocycles. The van der Waals surface area contributed by atoms with Gasteiger partial charge in [-0.1, -0.05) is 42.1 Å². The van der Waals surface area contributed by atoms with Gasteiger partial charge in [-0.3, -0.25) is 10.1 Å². The lowest BCUT2D eigenvalue weighted by molar-refractivity contribution is -0.402. The highest BCUT2D eigenvalue weighted by Crippen LogP contribution is 2.37. The Balaban J connectivity index is 2.08. The molecule has 0 saturated carbocycles. The first kappa shape index (κ1) is 20.9. The lowest BCUT2D eigenvalue weighted by atomic mass is 9.97.